The summed E-state index contributed by atoms with van der Waals surface area (Å²) >= 11 is 1.41. The van der Waals surface area contributed by atoms with E-state index in [2.05, 4.69) is 11.9 Å². The molecule has 112 valence electrons. The topological polar surface area (TPSA) is 78.0 Å². The van der Waals surface area contributed by atoms with Gasteiger partial charge in [-0.15, -0.1) is 0 Å². The summed E-state index contributed by atoms with van der Waals surface area (Å²) in [5, 5.41) is 1.29. The lowest BCUT2D eigenvalue weighted by Crippen LogP contribution is -2.23. The number of nitrogens with zero attached hydrogens (tertiary/aromatic N) is 2. The van der Waals surface area contributed by atoms with E-state index in [9.17, 15) is 9.59 Å². The Bertz CT molecular complexity index is 697. The van der Waals surface area contributed by atoms with Crippen molar-refractivity contribution < 1.29 is 4.79 Å². The van der Waals surface area contributed by atoms with E-state index in [1.54, 1.807) is 10.6 Å². The molecular weight excluding hydrogens is 286 g/mol. The number of hydrogen-bond acceptors (Lipinski definition) is 4. The molecule has 5 nitrogen and oxygen atoms in total. The summed E-state index contributed by atoms with van der Waals surface area (Å²) in [6.07, 6.45) is 2.20. The third kappa shape index (κ3) is 3.85. The molecule has 0 aliphatic carbocycles. The van der Waals surface area contributed by atoms with E-state index in [1.165, 1.54) is 11.8 Å². The fraction of sp³-hybridized carbons (Fsp3) is 0.400. The summed E-state index contributed by atoms with van der Waals surface area (Å²) < 4.78 is 1.71. The summed E-state index contributed by atoms with van der Waals surface area (Å²) in [6, 6.07) is 7.34. The molecule has 0 aliphatic rings. The largest absolute Gasteiger partial charge is 0.370 e. The molecule has 2 rings (SSSR count). The van der Waals surface area contributed by atoms with E-state index in [4.69, 9.17) is 5.73 Å². The Hall–Kier alpha value is -1.82. The molecule has 0 saturated carbocycles. The molecule has 21 heavy (non-hydrogen) atoms. The first-order chi connectivity index (χ1) is 10.1. The van der Waals surface area contributed by atoms with Gasteiger partial charge in [0.2, 0.25) is 5.91 Å². The monoisotopic (exact) mass is 305 g/mol. The van der Waals surface area contributed by atoms with Crippen LogP contribution in [0.3, 0.4) is 0 Å². The molecule has 0 fully saturated rings. The number of fused-ring (bicyclic) bond motifs is 1. The van der Waals surface area contributed by atoms with Crippen LogP contribution in [0, 0.1) is 0 Å². The lowest BCUT2D eigenvalue weighted by Gasteiger charge is -2.12. The van der Waals surface area contributed by atoms with Gasteiger partial charge in [0.05, 0.1) is 10.9 Å². The van der Waals surface area contributed by atoms with Crippen molar-refractivity contribution >= 4 is 28.6 Å². The second-order valence-corrected chi connectivity index (χ2v) is 5.85. The number of primary amides is 1. The molecule has 0 radical (unpaired) electrons. The van der Waals surface area contributed by atoms with Crippen molar-refractivity contribution in [3.8, 4) is 0 Å². The highest BCUT2D eigenvalue weighted by Crippen LogP contribution is 2.18. The van der Waals surface area contributed by atoms with Gasteiger partial charge in [-0.2, -0.15) is 0 Å². The second kappa shape index (κ2) is 7.26. The van der Waals surface area contributed by atoms with E-state index in [-0.39, 0.29) is 17.9 Å². The van der Waals surface area contributed by atoms with E-state index >= 15 is 0 Å². The normalized spacial score (nSPS) is 10.9. The van der Waals surface area contributed by atoms with Gasteiger partial charge in [0.1, 0.15) is 0 Å². The summed E-state index contributed by atoms with van der Waals surface area (Å²) in [5.74, 6) is 0.192. The van der Waals surface area contributed by atoms with E-state index < -0.39 is 0 Å². The Morgan fingerprint density at radius 3 is 2.86 bits per heavy atom. The number of unbranched alkanes of at least 4 members (excludes halogenated alkanes) is 1. The SMILES string of the molecule is CCCCn1c(SCCC(N)=O)nc2ccccc2c1=O. The molecule has 1 heterocycles. The minimum atomic E-state index is -0.342. The van der Waals surface area contributed by atoms with Crippen molar-refractivity contribution in [2.45, 2.75) is 37.9 Å². The Labute approximate surface area is 127 Å². The van der Waals surface area contributed by atoms with Crippen LogP contribution in [0.2, 0.25) is 0 Å². The summed E-state index contributed by atoms with van der Waals surface area (Å²) in [7, 11) is 0. The molecule has 0 bridgehead atoms. The van der Waals surface area contributed by atoms with E-state index in [0.29, 0.717) is 28.4 Å². The Kier molecular flexibility index (Phi) is 5.38. The average molecular weight is 305 g/mol. The first-order valence-corrected chi connectivity index (χ1v) is 8.02. The Morgan fingerprint density at radius 1 is 1.38 bits per heavy atom. The third-order valence-corrected chi connectivity index (χ3v) is 4.12. The Morgan fingerprint density at radius 2 is 2.14 bits per heavy atom. The van der Waals surface area contributed by atoms with Crippen LogP contribution in [-0.2, 0) is 11.3 Å². The molecule has 2 N–H and O–H groups in total. The van der Waals surface area contributed by atoms with Gasteiger partial charge in [0.15, 0.2) is 5.16 Å². The molecule has 0 saturated heterocycles. The zero-order valence-electron chi connectivity index (χ0n) is 12.0. The van der Waals surface area contributed by atoms with Crippen LogP contribution in [0.4, 0.5) is 0 Å². The van der Waals surface area contributed by atoms with Crippen LogP contribution < -0.4 is 11.3 Å². The summed E-state index contributed by atoms with van der Waals surface area (Å²) in [6.45, 7) is 2.73. The maximum atomic E-state index is 12.6. The molecule has 0 aliphatic heterocycles. The minimum absolute atomic E-state index is 0.0179. The van der Waals surface area contributed by atoms with Crippen molar-refractivity contribution in [1.29, 1.82) is 0 Å². The van der Waals surface area contributed by atoms with Gasteiger partial charge in [-0.05, 0) is 18.6 Å². The lowest BCUT2D eigenvalue weighted by molar-refractivity contribution is -0.117. The maximum absolute atomic E-state index is 12.6. The molecule has 6 heteroatoms. The third-order valence-electron chi connectivity index (χ3n) is 3.14. The smallest absolute Gasteiger partial charge is 0.262 e. The number of amides is 1. The number of benzene rings is 1. The number of thioether (sulfide) groups is 1. The zero-order valence-corrected chi connectivity index (χ0v) is 12.9. The van der Waals surface area contributed by atoms with Crippen molar-refractivity contribution in [2.24, 2.45) is 5.73 Å². The molecule has 0 unspecified atom stereocenters. The van der Waals surface area contributed by atoms with Crippen LogP contribution in [0.25, 0.3) is 10.9 Å². The van der Waals surface area contributed by atoms with Gasteiger partial charge >= 0.3 is 0 Å². The van der Waals surface area contributed by atoms with E-state index in [0.717, 1.165) is 12.8 Å². The van der Waals surface area contributed by atoms with Gasteiger partial charge in [-0.3, -0.25) is 14.2 Å². The number of aromatic nitrogens is 2. The van der Waals surface area contributed by atoms with Crippen LogP contribution in [0.1, 0.15) is 26.2 Å². The molecule has 1 aromatic carbocycles. The standard InChI is InChI=1S/C15H19N3O2S/c1-2-3-9-18-14(20)11-6-4-5-7-12(11)17-15(18)21-10-8-13(16)19/h4-7H,2-3,8-10H2,1H3,(H2,16,19). The molecular formula is C15H19N3O2S. The number of carbonyl (C=O) groups is 1. The average Bonchev–Trinajstić information content (AvgIpc) is 2.46. The van der Waals surface area contributed by atoms with Crippen LogP contribution in [0.15, 0.2) is 34.2 Å². The highest BCUT2D eigenvalue weighted by atomic mass is 32.2. The van der Waals surface area contributed by atoms with Crippen molar-refractivity contribution in [3.05, 3.63) is 34.6 Å². The van der Waals surface area contributed by atoms with Gasteiger partial charge < -0.3 is 5.73 Å². The fourth-order valence-electron chi connectivity index (χ4n) is 2.01. The first-order valence-electron chi connectivity index (χ1n) is 7.04. The molecule has 0 atom stereocenters. The predicted molar refractivity (Wildman–Crippen MR) is 85.4 cm³/mol. The number of para-hydroxylation sites is 1. The molecule has 1 amide bonds. The number of hydrogen-bond donors (Lipinski definition) is 1. The summed E-state index contributed by atoms with van der Waals surface area (Å²) in [5.41, 5.74) is 5.83. The molecule has 1 aromatic heterocycles. The van der Waals surface area contributed by atoms with Gasteiger partial charge in [0, 0.05) is 18.7 Å². The predicted octanol–water partition coefficient (Wildman–Crippen LogP) is 2.16. The van der Waals surface area contributed by atoms with E-state index in [1.807, 2.05) is 18.2 Å². The van der Waals surface area contributed by atoms with Crippen LogP contribution in [0.5, 0.6) is 0 Å². The van der Waals surface area contributed by atoms with Crippen molar-refractivity contribution in [2.75, 3.05) is 5.75 Å². The number of rotatable bonds is 7. The zero-order chi connectivity index (χ0) is 15.2. The maximum Gasteiger partial charge on any atom is 0.262 e. The molecule has 2 aromatic rings. The minimum Gasteiger partial charge on any atom is -0.370 e. The van der Waals surface area contributed by atoms with Crippen LogP contribution >= 0.6 is 11.8 Å². The highest BCUT2D eigenvalue weighted by Gasteiger charge is 2.11. The van der Waals surface area contributed by atoms with Gasteiger partial charge in [-0.25, -0.2) is 4.98 Å². The summed E-state index contributed by atoms with van der Waals surface area (Å²) in [4.78, 5) is 28.0. The Balaban J connectivity index is 2.39. The quantitative estimate of drug-likeness (QED) is 0.628. The second-order valence-electron chi connectivity index (χ2n) is 4.79. The van der Waals surface area contributed by atoms with Crippen molar-refractivity contribution in [1.82, 2.24) is 9.55 Å². The van der Waals surface area contributed by atoms with Gasteiger partial charge in [0.25, 0.3) is 5.56 Å². The first kappa shape index (κ1) is 15.6. The van der Waals surface area contributed by atoms with Crippen LogP contribution in [-0.4, -0.2) is 21.2 Å². The fourth-order valence-corrected chi connectivity index (χ4v) is 2.99. The molecule has 0 spiro atoms. The highest BCUT2D eigenvalue weighted by molar-refractivity contribution is 7.99. The lowest BCUT2D eigenvalue weighted by atomic mass is 10.2. The number of nitrogens with two attached hydrogens (primary N) is 1. The number of carbonyl (C=O) groups excluding carboxylic acids is 1. The van der Waals surface area contributed by atoms with Crippen molar-refractivity contribution in [3.63, 3.8) is 0 Å². The van der Waals surface area contributed by atoms with Gasteiger partial charge in [-0.1, -0.05) is 37.2 Å².